The zero-order valence-electron chi connectivity index (χ0n) is 16.0. The second-order valence-electron chi connectivity index (χ2n) is 9.64. The summed E-state index contributed by atoms with van der Waals surface area (Å²) < 4.78 is 0. The van der Waals surface area contributed by atoms with Gasteiger partial charge in [-0.25, -0.2) is 9.78 Å². The van der Waals surface area contributed by atoms with Crippen molar-refractivity contribution in [1.82, 2.24) is 20.1 Å². The molecule has 0 spiro atoms. The number of carboxylic acids is 1. The molecule has 1 aliphatic heterocycles. The molecule has 0 aromatic carbocycles. The van der Waals surface area contributed by atoms with Crippen molar-refractivity contribution in [3.63, 3.8) is 0 Å². The van der Waals surface area contributed by atoms with E-state index in [-0.39, 0.29) is 5.69 Å². The van der Waals surface area contributed by atoms with E-state index in [0.717, 1.165) is 54.2 Å². The topological polar surface area (TPSA) is 82.1 Å². The lowest BCUT2D eigenvalue weighted by Crippen LogP contribution is -2.48. The van der Waals surface area contributed by atoms with Gasteiger partial charge in [0.05, 0.1) is 10.7 Å². The Morgan fingerprint density at radius 1 is 1.25 bits per heavy atom. The lowest BCUT2D eigenvalue weighted by atomic mass is 9.50. The van der Waals surface area contributed by atoms with Crippen molar-refractivity contribution < 1.29 is 9.90 Å². The number of hydrogen-bond donors (Lipinski definition) is 2. The molecule has 4 aliphatic carbocycles. The zero-order valence-corrected chi connectivity index (χ0v) is 16.8. The number of aromatic nitrogens is 3. The molecule has 5 aliphatic rings. The van der Waals surface area contributed by atoms with E-state index in [1.807, 2.05) is 11.3 Å². The standard InChI is InChI=1S/C21H26N4O2S/c26-19(27)18-16-10-25(2-1-17(16)23-24-18)9-15-11-28-20(22-15)21-6-12-3-13(7-21)5-14(4-12)8-21/h11-14H,1-10H2,(H,23,24)(H,26,27). The Balaban J connectivity index is 1.20. The third kappa shape index (κ3) is 2.66. The Hall–Kier alpha value is -1.73. The molecule has 0 atom stereocenters. The maximum atomic E-state index is 11.4. The van der Waals surface area contributed by atoms with Crippen LogP contribution < -0.4 is 0 Å². The first-order chi connectivity index (χ1) is 13.6. The summed E-state index contributed by atoms with van der Waals surface area (Å²) in [6, 6.07) is 0. The van der Waals surface area contributed by atoms with E-state index in [0.29, 0.717) is 12.0 Å². The number of carboxylic acid groups (broad SMARTS) is 1. The summed E-state index contributed by atoms with van der Waals surface area (Å²) in [5.74, 6) is 1.87. The van der Waals surface area contributed by atoms with E-state index < -0.39 is 5.97 Å². The molecule has 0 unspecified atom stereocenters. The molecule has 148 valence electrons. The van der Waals surface area contributed by atoms with Crippen LogP contribution in [0.5, 0.6) is 0 Å². The van der Waals surface area contributed by atoms with E-state index in [9.17, 15) is 9.90 Å². The van der Waals surface area contributed by atoms with Crippen LogP contribution in [-0.2, 0) is 24.9 Å². The highest BCUT2D eigenvalue weighted by Crippen LogP contribution is 2.61. The number of fused-ring (bicyclic) bond motifs is 1. The van der Waals surface area contributed by atoms with Crippen LogP contribution in [0.25, 0.3) is 0 Å². The van der Waals surface area contributed by atoms with Gasteiger partial charge in [-0.1, -0.05) is 0 Å². The van der Waals surface area contributed by atoms with Crippen LogP contribution in [0.15, 0.2) is 5.38 Å². The van der Waals surface area contributed by atoms with Gasteiger partial charge in [0.15, 0.2) is 5.69 Å². The van der Waals surface area contributed by atoms with E-state index in [2.05, 4.69) is 20.5 Å². The molecule has 0 radical (unpaired) electrons. The molecule has 7 rings (SSSR count). The highest BCUT2D eigenvalue weighted by Gasteiger charge is 2.52. The predicted molar refractivity (Wildman–Crippen MR) is 105 cm³/mol. The Morgan fingerprint density at radius 3 is 2.64 bits per heavy atom. The molecule has 2 aromatic heterocycles. The maximum absolute atomic E-state index is 11.4. The van der Waals surface area contributed by atoms with Crippen molar-refractivity contribution in [1.29, 1.82) is 0 Å². The molecule has 3 heterocycles. The number of thiazole rings is 1. The van der Waals surface area contributed by atoms with Crippen LogP contribution in [0.2, 0.25) is 0 Å². The Kier molecular flexibility index (Phi) is 3.76. The van der Waals surface area contributed by atoms with E-state index in [4.69, 9.17) is 4.98 Å². The number of hydrogen-bond acceptors (Lipinski definition) is 5. The number of nitrogens with zero attached hydrogens (tertiary/aromatic N) is 3. The number of carbonyl (C=O) groups is 1. The fraction of sp³-hybridized carbons (Fsp3) is 0.667. The first-order valence-electron chi connectivity index (χ1n) is 10.5. The molecular formula is C21H26N4O2S. The number of rotatable bonds is 4. The molecule has 4 bridgehead atoms. The van der Waals surface area contributed by atoms with Crippen molar-refractivity contribution in [2.24, 2.45) is 17.8 Å². The largest absolute Gasteiger partial charge is 0.476 e. The second-order valence-corrected chi connectivity index (χ2v) is 10.5. The number of aromatic carboxylic acids is 1. The lowest BCUT2D eigenvalue weighted by molar-refractivity contribution is -0.00538. The van der Waals surface area contributed by atoms with Crippen LogP contribution in [0.3, 0.4) is 0 Å². The van der Waals surface area contributed by atoms with Crippen molar-refractivity contribution in [2.45, 2.75) is 63.5 Å². The van der Waals surface area contributed by atoms with Gasteiger partial charge >= 0.3 is 5.97 Å². The molecule has 0 saturated heterocycles. The van der Waals surface area contributed by atoms with Crippen molar-refractivity contribution in [2.75, 3.05) is 6.54 Å². The average Bonchev–Trinajstić information content (AvgIpc) is 3.27. The molecular weight excluding hydrogens is 372 g/mol. The van der Waals surface area contributed by atoms with Crippen LogP contribution in [0.4, 0.5) is 0 Å². The minimum absolute atomic E-state index is 0.173. The normalized spacial score (nSPS) is 33.9. The summed E-state index contributed by atoms with van der Waals surface area (Å²) in [5.41, 5.74) is 3.51. The number of aromatic amines is 1. The molecule has 6 nitrogen and oxygen atoms in total. The summed E-state index contributed by atoms with van der Waals surface area (Å²) in [7, 11) is 0. The van der Waals surface area contributed by atoms with Crippen molar-refractivity contribution >= 4 is 17.3 Å². The smallest absolute Gasteiger partial charge is 0.356 e. The number of nitrogens with one attached hydrogen (secondary N) is 1. The molecule has 4 fully saturated rings. The van der Waals surface area contributed by atoms with Gasteiger partial charge in [0.25, 0.3) is 0 Å². The monoisotopic (exact) mass is 398 g/mol. The van der Waals surface area contributed by atoms with Gasteiger partial charge in [-0.05, 0) is 56.3 Å². The molecule has 2 aromatic rings. The minimum Gasteiger partial charge on any atom is -0.476 e. The fourth-order valence-corrected chi connectivity index (χ4v) is 7.93. The Labute approximate surface area is 168 Å². The van der Waals surface area contributed by atoms with Gasteiger partial charge in [-0.15, -0.1) is 11.3 Å². The Bertz CT molecular complexity index is 897. The summed E-state index contributed by atoms with van der Waals surface area (Å²) in [5, 5.41) is 19.9. The molecule has 2 N–H and O–H groups in total. The van der Waals surface area contributed by atoms with Crippen LogP contribution in [0.1, 0.15) is 71.0 Å². The van der Waals surface area contributed by atoms with Crippen LogP contribution >= 0.6 is 11.3 Å². The fourth-order valence-electron chi connectivity index (χ4n) is 6.89. The molecule has 4 saturated carbocycles. The van der Waals surface area contributed by atoms with E-state index in [1.54, 1.807) is 0 Å². The predicted octanol–water partition coefficient (Wildman–Crippen LogP) is 3.59. The molecule has 0 amide bonds. The van der Waals surface area contributed by atoms with Crippen LogP contribution in [0, 0.1) is 17.8 Å². The summed E-state index contributed by atoms with van der Waals surface area (Å²) in [6.07, 6.45) is 9.28. The number of H-pyrrole nitrogens is 1. The first kappa shape index (κ1) is 17.2. The van der Waals surface area contributed by atoms with Gasteiger partial charge < -0.3 is 5.11 Å². The summed E-state index contributed by atoms with van der Waals surface area (Å²) in [4.78, 5) is 18.8. The van der Waals surface area contributed by atoms with E-state index in [1.165, 1.54) is 43.5 Å². The van der Waals surface area contributed by atoms with E-state index >= 15 is 0 Å². The van der Waals surface area contributed by atoms with Gasteiger partial charge in [0.1, 0.15) is 0 Å². The maximum Gasteiger partial charge on any atom is 0.356 e. The van der Waals surface area contributed by atoms with Crippen molar-refractivity contribution in [3.8, 4) is 0 Å². The van der Waals surface area contributed by atoms with Crippen LogP contribution in [-0.4, -0.2) is 37.7 Å². The Morgan fingerprint density at radius 2 is 1.96 bits per heavy atom. The summed E-state index contributed by atoms with van der Waals surface area (Å²) >= 11 is 1.87. The van der Waals surface area contributed by atoms with Gasteiger partial charge in [0, 0.05) is 48.1 Å². The third-order valence-corrected chi connectivity index (χ3v) is 8.78. The lowest BCUT2D eigenvalue weighted by Gasteiger charge is -2.56. The first-order valence-corrected chi connectivity index (χ1v) is 11.4. The molecule has 28 heavy (non-hydrogen) atoms. The van der Waals surface area contributed by atoms with Gasteiger partial charge in [-0.2, -0.15) is 5.10 Å². The zero-order chi connectivity index (χ0) is 18.9. The molecule has 7 heteroatoms. The second kappa shape index (κ2) is 6.13. The third-order valence-electron chi connectivity index (χ3n) is 7.64. The quantitative estimate of drug-likeness (QED) is 0.822. The highest BCUT2D eigenvalue weighted by molar-refractivity contribution is 7.09. The SMILES string of the molecule is O=C(O)c1n[nH]c2c1CN(Cc1csc(C34CC5CC(CC(C5)C3)C4)n1)CC2. The summed E-state index contributed by atoms with van der Waals surface area (Å²) in [6.45, 7) is 2.35. The minimum atomic E-state index is -0.947. The van der Waals surface area contributed by atoms with Gasteiger partial charge in [0.2, 0.25) is 0 Å². The van der Waals surface area contributed by atoms with Crippen molar-refractivity contribution in [3.05, 3.63) is 33.0 Å². The highest BCUT2D eigenvalue weighted by atomic mass is 32.1. The van der Waals surface area contributed by atoms with Gasteiger partial charge in [-0.3, -0.25) is 10.00 Å². The average molecular weight is 399 g/mol.